The van der Waals surface area contributed by atoms with Gasteiger partial charge >= 0.3 is 0 Å². The maximum atomic E-state index is 13.7. The van der Waals surface area contributed by atoms with Crippen molar-refractivity contribution in [1.82, 2.24) is 4.90 Å². The first-order valence-electron chi connectivity index (χ1n) is 6.97. The zero-order chi connectivity index (χ0) is 14.7. The third kappa shape index (κ3) is 3.79. The Kier molecular flexibility index (Phi) is 5.16. The molecular formula is C15H20BrFN2O. The molecule has 1 aliphatic heterocycles. The summed E-state index contributed by atoms with van der Waals surface area (Å²) in [4.78, 5) is 14.4. The average Bonchev–Trinajstić information content (AvgIpc) is 2.42. The lowest BCUT2D eigenvalue weighted by molar-refractivity contribution is -0.121. The van der Waals surface area contributed by atoms with Crippen LogP contribution in [0.15, 0.2) is 22.7 Å². The molecule has 1 aliphatic rings. The molecule has 0 saturated carbocycles. The van der Waals surface area contributed by atoms with E-state index >= 15 is 0 Å². The summed E-state index contributed by atoms with van der Waals surface area (Å²) in [6, 6.07) is 4.41. The molecule has 5 heteroatoms. The van der Waals surface area contributed by atoms with Gasteiger partial charge in [-0.2, -0.15) is 0 Å². The molecule has 1 fully saturated rings. The predicted molar refractivity (Wildman–Crippen MR) is 82.2 cm³/mol. The monoisotopic (exact) mass is 342 g/mol. The maximum Gasteiger partial charge on any atom is 0.241 e. The van der Waals surface area contributed by atoms with Crippen molar-refractivity contribution >= 4 is 27.5 Å². The Morgan fingerprint density at radius 3 is 2.70 bits per heavy atom. The van der Waals surface area contributed by atoms with Gasteiger partial charge < -0.3 is 5.32 Å². The topological polar surface area (TPSA) is 32.3 Å². The standard InChI is InChI=1S/C15H20BrFN2O/c1-10-5-7-19(8-6-10)11(2)15(20)18-14-4-3-12(16)9-13(14)17/h3-4,9-11H,5-8H2,1-2H3,(H,18,20)/t11-/m1/s1. The smallest absolute Gasteiger partial charge is 0.241 e. The summed E-state index contributed by atoms with van der Waals surface area (Å²) >= 11 is 3.20. The van der Waals surface area contributed by atoms with E-state index in [4.69, 9.17) is 0 Å². The van der Waals surface area contributed by atoms with Crippen molar-refractivity contribution < 1.29 is 9.18 Å². The molecule has 2 rings (SSSR count). The van der Waals surface area contributed by atoms with Crippen LogP contribution in [-0.4, -0.2) is 29.9 Å². The van der Waals surface area contributed by atoms with Crippen molar-refractivity contribution in [3.8, 4) is 0 Å². The lowest BCUT2D eigenvalue weighted by Crippen LogP contribution is -2.45. The van der Waals surface area contributed by atoms with E-state index in [0.29, 0.717) is 4.47 Å². The number of rotatable bonds is 3. The van der Waals surface area contributed by atoms with Gasteiger partial charge in [0.05, 0.1) is 11.7 Å². The van der Waals surface area contributed by atoms with Crippen molar-refractivity contribution in [3.63, 3.8) is 0 Å². The Hall–Kier alpha value is -0.940. The minimum atomic E-state index is -0.424. The van der Waals surface area contributed by atoms with Crippen LogP contribution in [0.25, 0.3) is 0 Å². The fraction of sp³-hybridized carbons (Fsp3) is 0.533. The van der Waals surface area contributed by atoms with Crippen molar-refractivity contribution in [2.75, 3.05) is 18.4 Å². The highest BCUT2D eigenvalue weighted by Gasteiger charge is 2.25. The summed E-state index contributed by atoms with van der Waals surface area (Å²) in [7, 11) is 0. The molecule has 1 heterocycles. The lowest BCUT2D eigenvalue weighted by atomic mass is 9.98. The highest BCUT2D eigenvalue weighted by atomic mass is 79.9. The largest absolute Gasteiger partial charge is 0.322 e. The Morgan fingerprint density at radius 2 is 2.10 bits per heavy atom. The molecule has 1 saturated heterocycles. The van der Waals surface area contributed by atoms with Crippen LogP contribution in [0.2, 0.25) is 0 Å². The normalized spacial score (nSPS) is 18.8. The summed E-state index contributed by atoms with van der Waals surface area (Å²) in [5.41, 5.74) is 0.232. The van der Waals surface area contributed by atoms with Crippen molar-refractivity contribution in [2.45, 2.75) is 32.7 Å². The van der Waals surface area contributed by atoms with Gasteiger partial charge in [0.25, 0.3) is 0 Å². The Balaban J connectivity index is 1.97. The maximum absolute atomic E-state index is 13.7. The van der Waals surface area contributed by atoms with Crippen molar-refractivity contribution in [3.05, 3.63) is 28.5 Å². The molecule has 0 unspecified atom stereocenters. The van der Waals surface area contributed by atoms with Gasteiger partial charge in [-0.25, -0.2) is 4.39 Å². The van der Waals surface area contributed by atoms with Gasteiger partial charge in [-0.1, -0.05) is 22.9 Å². The quantitative estimate of drug-likeness (QED) is 0.909. The number of amides is 1. The zero-order valence-corrected chi connectivity index (χ0v) is 13.4. The van der Waals surface area contributed by atoms with E-state index in [0.717, 1.165) is 31.8 Å². The van der Waals surface area contributed by atoms with Crippen LogP contribution in [0.3, 0.4) is 0 Å². The number of carbonyl (C=O) groups is 1. The molecular weight excluding hydrogens is 323 g/mol. The Bertz CT molecular complexity index is 487. The first-order valence-corrected chi connectivity index (χ1v) is 7.76. The van der Waals surface area contributed by atoms with Crippen LogP contribution in [-0.2, 0) is 4.79 Å². The van der Waals surface area contributed by atoms with Crippen LogP contribution in [0.5, 0.6) is 0 Å². The number of hydrogen-bond donors (Lipinski definition) is 1. The molecule has 1 aromatic carbocycles. The van der Waals surface area contributed by atoms with Crippen LogP contribution < -0.4 is 5.32 Å². The molecule has 110 valence electrons. The number of halogens is 2. The van der Waals surface area contributed by atoms with E-state index in [1.54, 1.807) is 12.1 Å². The molecule has 0 spiro atoms. The van der Waals surface area contributed by atoms with E-state index in [9.17, 15) is 9.18 Å². The lowest BCUT2D eigenvalue weighted by Gasteiger charge is -2.34. The molecule has 0 aromatic heterocycles. The first kappa shape index (κ1) is 15.4. The van der Waals surface area contributed by atoms with Gasteiger partial charge in [-0.3, -0.25) is 9.69 Å². The molecule has 20 heavy (non-hydrogen) atoms. The number of nitrogens with zero attached hydrogens (tertiary/aromatic N) is 1. The predicted octanol–water partition coefficient (Wildman–Crippen LogP) is 3.65. The number of nitrogens with one attached hydrogen (secondary N) is 1. The SMILES string of the molecule is CC1CCN([C@H](C)C(=O)Nc2ccc(Br)cc2F)CC1. The van der Waals surface area contributed by atoms with Crippen LogP contribution in [0, 0.1) is 11.7 Å². The number of piperidine rings is 1. The fourth-order valence-corrected chi connectivity index (χ4v) is 2.74. The summed E-state index contributed by atoms with van der Waals surface area (Å²) in [5.74, 6) is 0.151. The summed E-state index contributed by atoms with van der Waals surface area (Å²) in [6.07, 6.45) is 2.23. The molecule has 1 N–H and O–H groups in total. The molecule has 1 atom stereocenters. The molecule has 0 radical (unpaired) electrons. The Labute approximate surface area is 127 Å². The number of carbonyl (C=O) groups excluding carboxylic acids is 1. The number of anilines is 1. The van der Waals surface area contributed by atoms with Gasteiger partial charge in [0, 0.05) is 4.47 Å². The van der Waals surface area contributed by atoms with E-state index in [2.05, 4.69) is 33.1 Å². The highest BCUT2D eigenvalue weighted by Crippen LogP contribution is 2.21. The summed E-state index contributed by atoms with van der Waals surface area (Å²) < 4.78 is 14.4. The highest BCUT2D eigenvalue weighted by molar-refractivity contribution is 9.10. The molecule has 1 aromatic rings. The van der Waals surface area contributed by atoms with E-state index in [1.807, 2.05) is 6.92 Å². The first-order chi connectivity index (χ1) is 9.47. The number of likely N-dealkylation sites (tertiary alicyclic amines) is 1. The summed E-state index contributed by atoms with van der Waals surface area (Å²) in [5, 5.41) is 2.67. The van der Waals surface area contributed by atoms with Gasteiger partial charge in [-0.15, -0.1) is 0 Å². The second-order valence-corrected chi connectivity index (χ2v) is 6.42. The van der Waals surface area contributed by atoms with Gasteiger partial charge in [0.1, 0.15) is 5.82 Å². The van der Waals surface area contributed by atoms with E-state index in [-0.39, 0.29) is 17.6 Å². The molecule has 1 amide bonds. The zero-order valence-electron chi connectivity index (χ0n) is 11.8. The van der Waals surface area contributed by atoms with E-state index in [1.165, 1.54) is 6.07 Å². The Morgan fingerprint density at radius 1 is 1.45 bits per heavy atom. The van der Waals surface area contributed by atoms with Crippen LogP contribution in [0.1, 0.15) is 26.7 Å². The van der Waals surface area contributed by atoms with Crippen molar-refractivity contribution in [1.29, 1.82) is 0 Å². The molecule has 0 bridgehead atoms. The minimum absolute atomic E-state index is 0.152. The van der Waals surface area contributed by atoms with Crippen LogP contribution in [0.4, 0.5) is 10.1 Å². The second kappa shape index (κ2) is 6.68. The van der Waals surface area contributed by atoms with E-state index < -0.39 is 5.82 Å². The van der Waals surface area contributed by atoms with Gasteiger partial charge in [0.15, 0.2) is 0 Å². The van der Waals surface area contributed by atoms with Crippen LogP contribution >= 0.6 is 15.9 Å². The third-order valence-corrected chi connectivity index (χ3v) is 4.43. The third-order valence-electron chi connectivity index (χ3n) is 3.93. The molecule has 0 aliphatic carbocycles. The fourth-order valence-electron chi connectivity index (χ4n) is 2.41. The average molecular weight is 343 g/mol. The van der Waals surface area contributed by atoms with Gasteiger partial charge in [0.2, 0.25) is 5.91 Å². The van der Waals surface area contributed by atoms with Crippen molar-refractivity contribution in [2.24, 2.45) is 5.92 Å². The second-order valence-electron chi connectivity index (χ2n) is 5.51. The molecule has 3 nitrogen and oxygen atoms in total. The number of hydrogen-bond acceptors (Lipinski definition) is 2. The minimum Gasteiger partial charge on any atom is -0.322 e. The van der Waals surface area contributed by atoms with Gasteiger partial charge in [-0.05, 0) is 57.0 Å². The summed E-state index contributed by atoms with van der Waals surface area (Å²) in [6.45, 7) is 5.97. The number of benzene rings is 1.